The van der Waals surface area contributed by atoms with E-state index in [9.17, 15) is 14.4 Å². The van der Waals surface area contributed by atoms with Crippen molar-refractivity contribution in [3.05, 3.63) is 105 Å². The van der Waals surface area contributed by atoms with E-state index < -0.39 is 0 Å². The quantitative estimate of drug-likeness (QED) is 0.184. The van der Waals surface area contributed by atoms with E-state index in [-0.39, 0.29) is 23.0 Å². The van der Waals surface area contributed by atoms with Gasteiger partial charge in [0, 0.05) is 17.7 Å². The van der Waals surface area contributed by atoms with Crippen LogP contribution in [-0.2, 0) is 6.54 Å². The van der Waals surface area contributed by atoms with Gasteiger partial charge in [-0.3, -0.25) is 19.0 Å². The zero-order valence-corrected chi connectivity index (χ0v) is 22.4. The van der Waals surface area contributed by atoms with Crippen molar-refractivity contribution in [2.75, 3.05) is 12.3 Å². The number of carbonyl (C=O) groups is 2. The number of amides is 1. The predicted molar refractivity (Wildman–Crippen MR) is 150 cm³/mol. The molecule has 6 nitrogen and oxygen atoms in total. The van der Waals surface area contributed by atoms with E-state index in [1.807, 2.05) is 76.2 Å². The zero-order chi connectivity index (χ0) is 26.5. The number of fused-ring (bicyclic) bond motifs is 1. The van der Waals surface area contributed by atoms with Gasteiger partial charge in [-0.1, -0.05) is 79.7 Å². The van der Waals surface area contributed by atoms with Crippen molar-refractivity contribution >= 4 is 34.4 Å². The number of ketones is 1. The Bertz CT molecular complexity index is 1510. The average molecular weight is 514 g/mol. The minimum Gasteiger partial charge on any atom is -0.352 e. The van der Waals surface area contributed by atoms with Crippen LogP contribution in [0.2, 0.25) is 0 Å². The summed E-state index contributed by atoms with van der Waals surface area (Å²) in [6.45, 7) is 8.87. The first kappa shape index (κ1) is 26.4. The smallest absolute Gasteiger partial charge is 0.262 e. The van der Waals surface area contributed by atoms with Gasteiger partial charge in [-0.25, -0.2) is 4.98 Å². The van der Waals surface area contributed by atoms with Crippen LogP contribution in [0.5, 0.6) is 0 Å². The van der Waals surface area contributed by atoms with Gasteiger partial charge in [0.1, 0.15) is 0 Å². The van der Waals surface area contributed by atoms with Gasteiger partial charge in [0.2, 0.25) is 0 Å². The lowest BCUT2D eigenvalue weighted by molar-refractivity contribution is 0.0948. The highest BCUT2D eigenvalue weighted by molar-refractivity contribution is 7.99. The molecule has 3 aromatic carbocycles. The van der Waals surface area contributed by atoms with Crippen LogP contribution in [0.4, 0.5) is 0 Å². The number of hydrogen-bond donors (Lipinski definition) is 1. The number of aromatic nitrogens is 2. The number of thioether (sulfide) groups is 1. The van der Waals surface area contributed by atoms with Gasteiger partial charge in [0.05, 0.1) is 23.2 Å². The molecule has 0 aliphatic rings. The summed E-state index contributed by atoms with van der Waals surface area (Å²) in [5, 5.41) is 3.78. The van der Waals surface area contributed by atoms with E-state index in [1.165, 1.54) is 11.8 Å². The molecule has 0 atom stereocenters. The van der Waals surface area contributed by atoms with Crippen LogP contribution in [0, 0.1) is 19.8 Å². The highest BCUT2D eigenvalue weighted by Crippen LogP contribution is 2.22. The molecule has 0 aliphatic carbocycles. The Morgan fingerprint density at radius 1 is 1.00 bits per heavy atom. The summed E-state index contributed by atoms with van der Waals surface area (Å²) in [6.07, 6.45) is 0. The summed E-state index contributed by atoms with van der Waals surface area (Å²) in [6, 6.07) is 20.4. The van der Waals surface area contributed by atoms with Crippen molar-refractivity contribution < 1.29 is 9.59 Å². The van der Waals surface area contributed by atoms with E-state index >= 15 is 0 Å². The van der Waals surface area contributed by atoms with Crippen LogP contribution < -0.4 is 10.9 Å². The number of nitrogens with zero attached hydrogens (tertiary/aromatic N) is 2. The van der Waals surface area contributed by atoms with Crippen LogP contribution >= 0.6 is 11.8 Å². The SMILES string of the molecule is Cc1ccc(C(=O)CSc2nc3cc(C(=O)NCC(C)C)ccc3c(=O)n2Cc2ccccc2)c(C)c1. The summed E-state index contributed by atoms with van der Waals surface area (Å²) in [5.41, 5.74) is 4.33. The van der Waals surface area contributed by atoms with Crippen molar-refractivity contribution in [3.8, 4) is 0 Å². The van der Waals surface area contributed by atoms with Gasteiger partial charge in [-0.05, 0) is 49.1 Å². The van der Waals surface area contributed by atoms with Gasteiger partial charge < -0.3 is 5.32 Å². The van der Waals surface area contributed by atoms with E-state index in [1.54, 1.807) is 22.8 Å². The van der Waals surface area contributed by atoms with Crippen molar-refractivity contribution in [2.45, 2.75) is 39.4 Å². The fourth-order valence-electron chi connectivity index (χ4n) is 4.09. The Hall–Kier alpha value is -3.71. The maximum absolute atomic E-state index is 13.6. The molecule has 0 saturated carbocycles. The predicted octanol–water partition coefficient (Wildman–Crippen LogP) is 5.42. The summed E-state index contributed by atoms with van der Waals surface area (Å²) in [7, 11) is 0. The van der Waals surface area contributed by atoms with E-state index in [2.05, 4.69) is 5.32 Å². The fourth-order valence-corrected chi connectivity index (χ4v) is 4.97. The molecule has 0 unspecified atom stereocenters. The second-order valence-electron chi connectivity index (χ2n) is 9.64. The number of carbonyl (C=O) groups excluding carboxylic acids is 2. The van der Waals surface area contributed by atoms with Crippen molar-refractivity contribution in [1.82, 2.24) is 14.9 Å². The second kappa shape index (κ2) is 11.6. The van der Waals surface area contributed by atoms with Crippen molar-refractivity contribution in [1.29, 1.82) is 0 Å². The third-order valence-corrected chi connectivity index (χ3v) is 7.03. The molecule has 1 heterocycles. The fraction of sp³-hybridized carbons (Fsp3) is 0.267. The molecule has 1 aromatic heterocycles. The second-order valence-corrected chi connectivity index (χ2v) is 10.6. The molecule has 1 amide bonds. The van der Waals surface area contributed by atoms with Crippen LogP contribution in [0.15, 0.2) is 76.7 Å². The largest absolute Gasteiger partial charge is 0.352 e. The Kier molecular flexibility index (Phi) is 8.24. The molecule has 0 bridgehead atoms. The highest BCUT2D eigenvalue weighted by atomic mass is 32.2. The zero-order valence-electron chi connectivity index (χ0n) is 21.6. The van der Waals surface area contributed by atoms with Gasteiger partial charge in [0.15, 0.2) is 10.9 Å². The van der Waals surface area contributed by atoms with Crippen molar-refractivity contribution in [2.24, 2.45) is 5.92 Å². The first-order valence-corrected chi connectivity index (χ1v) is 13.3. The lowest BCUT2D eigenvalue weighted by Gasteiger charge is -2.14. The minimum atomic E-state index is -0.204. The molecule has 7 heteroatoms. The summed E-state index contributed by atoms with van der Waals surface area (Å²) >= 11 is 1.24. The summed E-state index contributed by atoms with van der Waals surface area (Å²) < 4.78 is 1.61. The monoisotopic (exact) mass is 513 g/mol. The van der Waals surface area contributed by atoms with E-state index in [0.717, 1.165) is 16.7 Å². The number of Topliss-reactive ketones (excluding diaryl/α,β-unsaturated/α-hetero) is 1. The molecule has 1 N–H and O–H groups in total. The standard InChI is InChI=1S/C30H31N3O3S/c1-19(2)16-31-28(35)23-11-13-25-26(15-23)32-30(33(29(25)36)17-22-8-6-5-7-9-22)37-18-27(34)24-12-10-20(3)14-21(24)4/h5-15,19H,16-18H2,1-4H3,(H,31,35). The number of rotatable bonds is 9. The first-order chi connectivity index (χ1) is 17.7. The van der Waals surface area contributed by atoms with Crippen molar-refractivity contribution in [3.63, 3.8) is 0 Å². The Labute approximate surface area is 221 Å². The van der Waals surface area contributed by atoms with E-state index in [0.29, 0.717) is 46.2 Å². The number of aryl methyl sites for hydroxylation is 2. The molecular formula is C30H31N3O3S. The maximum Gasteiger partial charge on any atom is 0.262 e. The third kappa shape index (κ3) is 6.35. The number of nitrogens with one attached hydrogen (secondary N) is 1. The molecule has 4 aromatic rings. The molecule has 37 heavy (non-hydrogen) atoms. The first-order valence-electron chi connectivity index (χ1n) is 12.3. The Morgan fingerprint density at radius 2 is 1.76 bits per heavy atom. The van der Waals surface area contributed by atoms with Gasteiger partial charge in [-0.2, -0.15) is 0 Å². The van der Waals surface area contributed by atoms with Crippen LogP contribution in [0.25, 0.3) is 10.9 Å². The Balaban J connectivity index is 1.71. The molecule has 0 radical (unpaired) electrons. The van der Waals surface area contributed by atoms with Gasteiger partial charge in [-0.15, -0.1) is 0 Å². The molecule has 0 fully saturated rings. The molecule has 4 rings (SSSR count). The van der Waals surface area contributed by atoms with Crippen LogP contribution in [0.1, 0.15) is 51.3 Å². The average Bonchev–Trinajstić information content (AvgIpc) is 2.88. The molecule has 0 aliphatic heterocycles. The number of benzene rings is 3. The van der Waals surface area contributed by atoms with Gasteiger partial charge >= 0.3 is 0 Å². The lowest BCUT2D eigenvalue weighted by Crippen LogP contribution is -2.28. The molecule has 0 saturated heterocycles. The maximum atomic E-state index is 13.6. The third-order valence-electron chi connectivity index (χ3n) is 6.05. The molecule has 190 valence electrons. The lowest BCUT2D eigenvalue weighted by atomic mass is 10.0. The van der Waals surface area contributed by atoms with Crippen LogP contribution in [0.3, 0.4) is 0 Å². The van der Waals surface area contributed by atoms with Crippen LogP contribution in [-0.4, -0.2) is 33.5 Å². The van der Waals surface area contributed by atoms with E-state index in [4.69, 9.17) is 4.98 Å². The normalized spacial score (nSPS) is 11.2. The topological polar surface area (TPSA) is 81.1 Å². The summed E-state index contributed by atoms with van der Waals surface area (Å²) in [4.78, 5) is 44.0. The number of hydrogen-bond acceptors (Lipinski definition) is 5. The van der Waals surface area contributed by atoms with Gasteiger partial charge in [0.25, 0.3) is 11.5 Å². The highest BCUT2D eigenvalue weighted by Gasteiger charge is 2.17. The Morgan fingerprint density at radius 3 is 2.46 bits per heavy atom. The molecular weight excluding hydrogens is 482 g/mol. The summed E-state index contributed by atoms with van der Waals surface area (Å²) in [5.74, 6) is 0.242. The minimum absolute atomic E-state index is 0.0232. The molecule has 0 spiro atoms.